The van der Waals surface area contributed by atoms with Gasteiger partial charge >= 0.3 is 0 Å². The summed E-state index contributed by atoms with van der Waals surface area (Å²) in [6.45, 7) is 1.14. The third kappa shape index (κ3) is 1.96. The molecule has 1 aromatic rings. The van der Waals surface area contributed by atoms with E-state index in [9.17, 15) is 13.2 Å². The van der Waals surface area contributed by atoms with Gasteiger partial charge in [-0.2, -0.15) is 0 Å². The van der Waals surface area contributed by atoms with Crippen LogP contribution in [0.5, 0.6) is 0 Å². The van der Waals surface area contributed by atoms with Gasteiger partial charge in [-0.3, -0.25) is 4.79 Å². The molecular formula is C7H9NO4S. The van der Waals surface area contributed by atoms with E-state index in [0.717, 1.165) is 13.0 Å². The Morgan fingerprint density at radius 3 is 2.62 bits per heavy atom. The number of hydrogen-bond acceptors (Lipinski definition) is 4. The summed E-state index contributed by atoms with van der Waals surface area (Å²) >= 11 is 0. The number of hydrogen-bond donors (Lipinski definition) is 2. The summed E-state index contributed by atoms with van der Waals surface area (Å²) < 4.78 is 22.6. The van der Waals surface area contributed by atoms with Gasteiger partial charge in [-0.1, -0.05) is 0 Å². The van der Waals surface area contributed by atoms with Gasteiger partial charge in [0, 0.05) is 12.3 Å². The van der Waals surface area contributed by atoms with Crippen molar-refractivity contribution in [3.8, 4) is 0 Å². The fourth-order valence-corrected chi connectivity index (χ4v) is 1.72. The maximum absolute atomic E-state index is 11.3. The molecule has 0 radical (unpaired) electrons. The van der Waals surface area contributed by atoms with Crippen LogP contribution in [0.4, 0.5) is 0 Å². The third-order valence-corrected chi connectivity index (χ3v) is 3.33. The first-order chi connectivity index (χ1) is 5.94. The zero-order valence-corrected chi connectivity index (χ0v) is 7.71. The normalized spacial score (nSPS) is 14.0. The number of H-pyrrole nitrogens is 1. The van der Waals surface area contributed by atoms with E-state index in [1.807, 2.05) is 0 Å². The molecule has 1 aromatic heterocycles. The number of rotatable bonds is 2. The summed E-state index contributed by atoms with van der Waals surface area (Å²) in [6, 6.07) is 2.16. The van der Waals surface area contributed by atoms with Gasteiger partial charge in [-0.15, -0.1) is 0 Å². The number of sulfone groups is 1. The van der Waals surface area contributed by atoms with Crippen molar-refractivity contribution in [3.63, 3.8) is 0 Å². The van der Waals surface area contributed by atoms with Gasteiger partial charge in [0.25, 0.3) is 0 Å². The topological polar surface area (TPSA) is 87.2 Å². The van der Waals surface area contributed by atoms with Crippen LogP contribution < -0.4 is 5.56 Å². The zero-order valence-electron chi connectivity index (χ0n) is 6.89. The molecule has 72 valence electrons. The number of aromatic amines is 1. The minimum Gasteiger partial charge on any atom is -0.377 e. The van der Waals surface area contributed by atoms with Gasteiger partial charge in [0.1, 0.15) is 0 Å². The van der Waals surface area contributed by atoms with Crippen LogP contribution in [0.15, 0.2) is 28.0 Å². The fourth-order valence-electron chi connectivity index (χ4n) is 0.799. The van der Waals surface area contributed by atoms with Crippen LogP contribution in [0.1, 0.15) is 6.92 Å². The standard InChI is InChI=1S/C7H9NO4S/c1-5(9)13(11,12)6-2-3-8-7(10)4-6/h2-5,9H,1H3,(H,8,10). The van der Waals surface area contributed by atoms with Crippen molar-refractivity contribution < 1.29 is 13.5 Å². The van der Waals surface area contributed by atoms with Crippen molar-refractivity contribution in [2.45, 2.75) is 17.3 Å². The van der Waals surface area contributed by atoms with Gasteiger partial charge in [0.2, 0.25) is 15.4 Å². The largest absolute Gasteiger partial charge is 0.377 e. The first kappa shape index (κ1) is 9.94. The molecule has 2 N–H and O–H groups in total. The highest BCUT2D eigenvalue weighted by molar-refractivity contribution is 7.91. The smallest absolute Gasteiger partial charge is 0.249 e. The molecule has 0 aliphatic heterocycles. The average Bonchev–Trinajstić information content (AvgIpc) is 2.04. The number of pyridine rings is 1. The van der Waals surface area contributed by atoms with Gasteiger partial charge in [-0.25, -0.2) is 8.42 Å². The minimum absolute atomic E-state index is 0.175. The molecule has 0 spiro atoms. The Balaban J connectivity index is 3.32. The second kappa shape index (κ2) is 3.31. The van der Waals surface area contributed by atoms with E-state index in [2.05, 4.69) is 4.98 Å². The molecule has 1 rings (SSSR count). The molecule has 1 atom stereocenters. The Morgan fingerprint density at radius 2 is 2.15 bits per heavy atom. The summed E-state index contributed by atoms with van der Waals surface area (Å²) in [5.74, 6) is 0. The molecule has 1 unspecified atom stereocenters. The van der Waals surface area contributed by atoms with Crippen molar-refractivity contribution in [2.75, 3.05) is 0 Å². The third-order valence-electron chi connectivity index (χ3n) is 1.52. The van der Waals surface area contributed by atoms with Crippen LogP contribution in [0.25, 0.3) is 0 Å². The number of aliphatic hydroxyl groups excluding tert-OH is 1. The second-order valence-electron chi connectivity index (χ2n) is 2.53. The van der Waals surface area contributed by atoms with Gasteiger partial charge < -0.3 is 10.1 Å². The molecule has 0 bridgehead atoms. The molecule has 0 fully saturated rings. The lowest BCUT2D eigenvalue weighted by atomic mass is 10.5. The highest BCUT2D eigenvalue weighted by Gasteiger charge is 2.20. The first-order valence-corrected chi connectivity index (χ1v) is 5.10. The zero-order chi connectivity index (χ0) is 10.1. The molecule has 13 heavy (non-hydrogen) atoms. The van der Waals surface area contributed by atoms with Gasteiger partial charge in [0.15, 0.2) is 5.44 Å². The van der Waals surface area contributed by atoms with E-state index in [-0.39, 0.29) is 4.90 Å². The van der Waals surface area contributed by atoms with Crippen LogP contribution in [0, 0.1) is 0 Å². The van der Waals surface area contributed by atoms with E-state index < -0.39 is 20.8 Å². The van der Waals surface area contributed by atoms with E-state index >= 15 is 0 Å². The Morgan fingerprint density at radius 1 is 1.54 bits per heavy atom. The molecule has 0 aliphatic rings. The van der Waals surface area contributed by atoms with E-state index in [0.29, 0.717) is 0 Å². The summed E-state index contributed by atoms with van der Waals surface area (Å²) in [5, 5.41) is 8.92. The number of nitrogens with one attached hydrogen (secondary N) is 1. The van der Waals surface area contributed by atoms with E-state index in [1.54, 1.807) is 0 Å². The lowest BCUT2D eigenvalue weighted by Crippen LogP contribution is -2.19. The summed E-state index contributed by atoms with van der Waals surface area (Å²) in [4.78, 5) is 12.9. The maximum Gasteiger partial charge on any atom is 0.249 e. The Kier molecular flexibility index (Phi) is 2.53. The van der Waals surface area contributed by atoms with Crippen LogP contribution in [0.3, 0.4) is 0 Å². The highest BCUT2D eigenvalue weighted by atomic mass is 32.2. The van der Waals surface area contributed by atoms with E-state index in [1.165, 1.54) is 12.3 Å². The summed E-state index contributed by atoms with van der Waals surface area (Å²) in [7, 11) is -3.76. The molecular weight excluding hydrogens is 194 g/mol. The van der Waals surface area contributed by atoms with Crippen molar-refractivity contribution in [2.24, 2.45) is 0 Å². The van der Waals surface area contributed by atoms with Crippen molar-refractivity contribution in [1.82, 2.24) is 4.98 Å². The predicted molar refractivity (Wildman–Crippen MR) is 45.9 cm³/mol. The molecule has 6 heteroatoms. The average molecular weight is 203 g/mol. The van der Waals surface area contributed by atoms with Gasteiger partial charge in [0.05, 0.1) is 4.90 Å². The minimum atomic E-state index is -3.76. The van der Waals surface area contributed by atoms with Crippen LogP contribution >= 0.6 is 0 Å². The predicted octanol–water partition coefficient (Wildman–Crippen LogP) is -0.513. The molecule has 0 aliphatic carbocycles. The number of aromatic nitrogens is 1. The highest BCUT2D eigenvalue weighted by Crippen LogP contribution is 2.10. The fraction of sp³-hybridized carbons (Fsp3) is 0.286. The monoisotopic (exact) mass is 203 g/mol. The van der Waals surface area contributed by atoms with Crippen molar-refractivity contribution in [3.05, 3.63) is 28.7 Å². The summed E-state index contributed by atoms with van der Waals surface area (Å²) in [5.41, 5.74) is -2.02. The second-order valence-corrected chi connectivity index (χ2v) is 4.78. The Bertz CT molecular complexity index is 446. The van der Waals surface area contributed by atoms with Gasteiger partial charge in [-0.05, 0) is 13.0 Å². The quantitative estimate of drug-likeness (QED) is 0.677. The van der Waals surface area contributed by atoms with Crippen molar-refractivity contribution >= 4 is 9.84 Å². The molecule has 0 amide bonds. The molecule has 0 saturated carbocycles. The molecule has 5 nitrogen and oxygen atoms in total. The van der Waals surface area contributed by atoms with Crippen molar-refractivity contribution in [1.29, 1.82) is 0 Å². The lowest BCUT2D eigenvalue weighted by molar-refractivity contribution is 0.268. The summed E-state index contributed by atoms with van der Waals surface area (Å²) in [6.07, 6.45) is 1.22. The Hall–Kier alpha value is -1.14. The lowest BCUT2D eigenvalue weighted by Gasteiger charge is -2.05. The van der Waals surface area contributed by atoms with E-state index in [4.69, 9.17) is 5.11 Å². The SMILES string of the molecule is CC(O)S(=O)(=O)c1cc[nH]c(=O)c1. The molecule has 0 saturated heterocycles. The van der Waals surface area contributed by atoms with Crippen LogP contribution in [0.2, 0.25) is 0 Å². The number of aliphatic hydroxyl groups is 1. The maximum atomic E-state index is 11.3. The first-order valence-electron chi connectivity index (χ1n) is 3.55. The van der Waals surface area contributed by atoms with Crippen LogP contribution in [-0.2, 0) is 9.84 Å². The molecule has 0 aromatic carbocycles. The van der Waals surface area contributed by atoms with Crippen LogP contribution in [-0.4, -0.2) is 23.9 Å². The Labute approximate surface area is 75.0 Å². The molecule has 1 heterocycles.